The van der Waals surface area contributed by atoms with Gasteiger partial charge < -0.3 is 14.6 Å². The van der Waals surface area contributed by atoms with E-state index in [1.54, 1.807) is 6.26 Å². The van der Waals surface area contributed by atoms with Crippen LogP contribution in [0, 0.1) is 0 Å². The molecule has 0 saturated carbocycles. The Morgan fingerprint density at radius 1 is 1.57 bits per heavy atom. The lowest BCUT2D eigenvalue weighted by atomic mass is 10.2. The Labute approximate surface area is 86.1 Å². The van der Waals surface area contributed by atoms with Crippen LogP contribution in [0.15, 0.2) is 22.8 Å². The molecule has 1 N–H and O–H groups in total. The van der Waals surface area contributed by atoms with E-state index >= 15 is 0 Å². The molecule has 1 rings (SSSR count). The van der Waals surface area contributed by atoms with Crippen LogP contribution >= 0.6 is 0 Å². The number of hydrogen-bond donors (Lipinski definition) is 1. The molecule has 0 aliphatic rings. The standard InChI is InChI=1S/C11H20N2O/c1-4-13(3)8-7-12-10(2)11-6-5-9-14-11/h5-6,9-10,12H,4,7-8H2,1-3H3. The van der Waals surface area contributed by atoms with Crippen LogP contribution in [-0.2, 0) is 0 Å². The number of nitrogens with zero attached hydrogens (tertiary/aromatic N) is 1. The van der Waals surface area contributed by atoms with Crippen LogP contribution in [0.1, 0.15) is 25.6 Å². The summed E-state index contributed by atoms with van der Waals surface area (Å²) in [5.41, 5.74) is 0. The van der Waals surface area contributed by atoms with Crippen LogP contribution in [0.2, 0.25) is 0 Å². The monoisotopic (exact) mass is 196 g/mol. The number of hydrogen-bond acceptors (Lipinski definition) is 3. The number of likely N-dealkylation sites (N-methyl/N-ethyl adjacent to an activating group) is 1. The van der Waals surface area contributed by atoms with Crippen LogP contribution in [0.3, 0.4) is 0 Å². The molecule has 0 fully saturated rings. The molecule has 0 aromatic carbocycles. The average Bonchev–Trinajstić information content (AvgIpc) is 2.70. The maximum atomic E-state index is 5.30. The van der Waals surface area contributed by atoms with Gasteiger partial charge >= 0.3 is 0 Å². The van der Waals surface area contributed by atoms with Crippen molar-refractivity contribution < 1.29 is 4.42 Å². The zero-order chi connectivity index (χ0) is 10.4. The molecule has 0 spiro atoms. The van der Waals surface area contributed by atoms with Crippen molar-refractivity contribution in [2.75, 3.05) is 26.7 Å². The summed E-state index contributed by atoms with van der Waals surface area (Å²) < 4.78 is 5.30. The fraction of sp³-hybridized carbons (Fsp3) is 0.636. The van der Waals surface area contributed by atoms with Crippen LogP contribution in [0.4, 0.5) is 0 Å². The summed E-state index contributed by atoms with van der Waals surface area (Å²) >= 11 is 0. The summed E-state index contributed by atoms with van der Waals surface area (Å²) in [6, 6.07) is 4.22. The van der Waals surface area contributed by atoms with E-state index in [1.165, 1.54) is 0 Å². The lowest BCUT2D eigenvalue weighted by molar-refractivity contribution is 0.334. The molecule has 1 unspecified atom stereocenters. The fourth-order valence-electron chi connectivity index (χ4n) is 1.27. The summed E-state index contributed by atoms with van der Waals surface area (Å²) in [6.07, 6.45) is 1.71. The van der Waals surface area contributed by atoms with Gasteiger partial charge in [0.15, 0.2) is 0 Å². The quantitative estimate of drug-likeness (QED) is 0.753. The Morgan fingerprint density at radius 3 is 2.93 bits per heavy atom. The highest BCUT2D eigenvalue weighted by atomic mass is 16.3. The topological polar surface area (TPSA) is 28.4 Å². The third kappa shape index (κ3) is 3.52. The molecule has 0 radical (unpaired) electrons. The Balaban J connectivity index is 2.19. The van der Waals surface area contributed by atoms with Crippen molar-refractivity contribution in [1.29, 1.82) is 0 Å². The molecular weight excluding hydrogens is 176 g/mol. The SMILES string of the molecule is CCN(C)CCNC(C)c1ccco1. The zero-order valence-corrected chi connectivity index (χ0v) is 9.29. The lowest BCUT2D eigenvalue weighted by Crippen LogP contribution is -2.30. The largest absolute Gasteiger partial charge is 0.468 e. The van der Waals surface area contributed by atoms with Gasteiger partial charge in [-0.2, -0.15) is 0 Å². The Kier molecular flexibility index (Phi) is 4.70. The molecular formula is C11H20N2O. The van der Waals surface area contributed by atoms with Crippen molar-refractivity contribution in [2.24, 2.45) is 0 Å². The molecule has 0 aliphatic heterocycles. The van der Waals surface area contributed by atoms with Gasteiger partial charge in [0, 0.05) is 13.1 Å². The van der Waals surface area contributed by atoms with Gasteiger partial charge in [0.2, 0.25) is 0 Å². The maximum absolute atomic E-state index is 5.30. The van der Waals surface area contributed by atoms with Crippen molar-refractivity contribution in [3.8, 4) is 0 Å². The van der Waals surface area contributed by atoms with Gasteiger partial charge in [0.25, 0.3) is 0 Å². The highest BCUT2D eigenvalue weighted by Crippen LogP contribution is 2.11. The lowest BCUT2D eigenvalue weighted by Gasteiger charge is -2.16. The number of furan rings is 1. The molecule has 1 aromatic rings. The molecule has 1 heterocycles. The van der Waals surface area contributed by atoms with E-state index in [9.17, 15) is 0 Å². The van der Waals surface area contributed by atoms with Crippen LogP contribution < -0.4 is 5.32 Å². The van der Waals surface area contributed by atoms with E-state index in [4.69, 9.17) is 4.42 Å². The van der Waals surface area contributed by atoms with E-state index in [0.717, 1.165) is 25.4 Å². The van der Waals surface area contributed by atoms with Gasteiger partial charge in [-0.25, -0.2) is 0 Å². The Hall–Kier alpha value is -0.800. The highest BCUT2D eigenvalue weighted by Gasteiger charge is 2.06. The molecule has 1 aromatic heterocycles. The second kappa shape index (κ2) is 5.83. The minimum Gasteiger partial charge on any atom is -0.468 e. The van der Waals surface area contributed by atoms with E-state index in [1.807, 2.05) is 12.1 Å². The smallest absolute Gasteiger partial charge is 0.120 e. The molecule has 0 saturated heterocycles. The fourth-order valence-corrected chi connectivity index (χ4v) is 1.27. The van der Waals surface area contributed by atoms with Gasteiger partial charge in [0.1, 0.15) is 5.76 Å². The number of rotatable bonds is 6. The first-order valence-electron chi connectivity index (χ1n) is 5.19. The van der Waals surface area contributed by atoms with Crippen molar-refractivity contribution >= 4 is 0 Å². The Bertz CT molecular complexity index is 233. The van der Waals surface area contributed by atoms with Gasteiger partial charge in [-0.3, -0.25) is 0 Å². The molecule has 80 valence electrons. The molecule has 3 heteroatoms. The van der Waals surface area contributed by atoms with Crippen LogP contribution in [-0.4, -0.2) is 31.6 Å². The van der Waals surface area contributed by atoms with Gasteiger partial charge in [-0.15, -0.1) is 0 Å². The van der Waals surface area contributed by atoms with Crippen LogP contribution in [0.25, 0.3) is 0 Å². The first kappa shape index (κ1) is 11.3. The second-order valence-corrected chi connectivity index (χ2v) is 3.59. The molecule has 0 aliphatic carbocycles. The van der Waals surface area contributed by atoms with E-state index in [0.29, 0.717) is 6.04 Å². The Morgan fingerprint density at radius 2 is 2.36 bits per heavy atom. The number of nitrogens with one attached hydrogen (secondary N) is 1. The van der Waals surface area contributed by atoms with E-state index in [-0.39, 0.29) is 0 Å². The first-order chi connectivity index (χ1) is 6.74. The van der Waals surface area contributed by atoms with E-state index in [2.05, 4.69) is 31.1 Å². The molecule has 0 amide bonds. The van der Waals surface area contributed by atoms with Crippen molar-refractivity contribution in [1.82, 2.24) is 10.2 Å². The second-order valence-electron chi connectivity index (χ2n) is 3.59. The molecule has 3 nitrogen and oxygen atoms in total. The zero-order valence-electron chi connectivity index (χ0n) is 9.29. The molecule has 1 atom stereocenters. The van der Waals surface area contributed by atoms with Gasteiger partial charge in [-0.1, -0.05) is 6.92 Å². The normalized spacial score (nSPS) is 13.4. The molecule has 14 heavy (non-hydrogen) atoms. The summed E-state index contributed by atoms with van der Waals surface area (Å²) in [7, 11) is 2.12. The summed E-state index contributed by atoms with van der Waals surface area (Å²) in [5.74, 6) is 1.00. The van der Waals surface area contributed by atoms with Crippen molar-refractivity contribution in [3.63, 3.8) is 0 Å². The predicted octanol–water partition coefficient (Wildman–Crippen LogP) is 1.88. The summed E-state index contributed by atoms with van der Waals surface area (Å²) in [6.45, 7) is 7.44. The highest BCUT2D eigenvalue weighted by molar-refractivity contribution is 5.02. The average molecular weight is 196 g/mol. The van der Waals surface area contributed by atoms with Crippen molar-refractivity contribution in [3.05, 3.63) is 24.2 Å². The minimum atomic E-state index is 0.301. The van der Waals surface area contributed by atoms with Crippen LogP contribution in [0.5, 0.6) is 0 Å². The van der Waals surface area contributed by atoms with E-state index < -0.39 is 0 Å². The van der Waals surface area contributed by atoms with Crippen molar-refractivity contribution in [2.45, 2.75) is 19.9 Å². The predicted molar refractivity (Wildman–Crippen MR) is 58.3 cm³/mol. The molecule has 0 bridgehead atoms. The van der Waals surface area contributed by atoms with Gasteiger partial charge in [0.05, 0.1) is 12.3 Å². The summed E-state index contributed by atoms with van der Waals surface area (Å²) in [4.78, 5) is 2.28. The third-order valence-electron chi connectivity index (χ3n) is 2.45. The minimum absolute atomic E-state index is 0.301. The third-order valence-corrected chi connectivity index (χ3v) is 2.45. The maximum Gasteiger partial charge on any atom is 0.120 e. The van der Waals surface area contributed by atoms with Gasteiger partial charge in [-0.05, 0) is 32.6 Å². The first-order valence-corrected chi connectivity index (χ1v) is 5.19. The summed E-state index contributed by atoms with van der Waals surface area (Å²) in [5, 5.41) is 3.41.